The zero-order valence-corrected chi connectivity index (χ0v) is 10.8. The maximum absolute atomic E-state index is 10.3. The van der Waals surface area contributed by atoms with E-state index in [4.69, 9.17) is 10.5 Å². The molecule has 0 spiro atoms. The topological polar surface area (TPSA) is 136 Å². The van der Waals surface area contributed by atoms with Crippen molar-refractivity contribution >= 4 is 23.3 Å². The SMILES string of the molecule is Nc1ncnc2c1ncn2[C@@H]1O[C@H](/C=C/C=O)[C@@H](O)[C@H]1O. The number of nitrogens with zero attached hydrogens (tertiary/aromatic N) is 4. The predicted octanol–water partition coefficient (Wildman–Crippen LogP) is -1.22. The van der Waals surface area contributed by atoms with Gasteiger partial charge in [0.05, 0.1) is 6.33 Å². The summed E-state index contributed by atoms with van der Waals surface area (Å²) in [7, 11) is 0. The van der Waals surface area contributed by atoms with Gasteiger partial charge in [0.25, 0.3) is 0 Å². The van der Waals surface area contributed by atoms with Gasteiger partial charge in [-0.25, -0.2) is 15.0 Å². The Morgan fingerprint density at radius 2 is 2.10 bits per heavy atom. The van der Waals surface area contributed by atoms with Gasteiger partial charge in [-0.1, -0.05) is 0 Å². The number of aromatic nitrogens is 4. The zero-order chi connectivity index (χ0) is 15.0. The summed E-state index contributed by atoms with van der Waals surface area (Å²) in [5, 5.41) is 20.1. The van der Waals surface area contributed by atoms with E-state index in [1.807, 2.05) is 0 Å². The predicted molar refractivity (Wildman–Crippen MR) is 70.9 cm³/mol. The average Bonchev–Trinajstić information content (AvgIpc) is 3.02. The first kappa shape index (κ1) is 13.6. The third-order valence-corrected chi connectivity index (χ3v) is 3.32. The Hall–Kier alpha value is -2.36. The molecule has 0 saturated carbocycles. The van der Waals surface area contributed by atoms with Crippen LogP contribution < -0.4 is 5.73 Å². The number of rotatable bonds is 3. The van der Waals surface area contributed by atoms with Gasteiger partial charge in [0.1, 0.15) is 36.4 Å². The molecule has 2 aromatic heterocycles. The maximum Gasteiger partial charge on any atom is 0.167 e. The van der Waals surface area contributed by atoms with E-state index in [-0.39, 0.29) is 5.82 Å². The summed E-state index contributed by atoms with van der Waals surface area (Å²) in [6.45, 7) is 0. The molecule has 110 valence electrons. The number of imidazole rings is 1. The van der Waals surface area contributed by atoms with E-state index in [1.54, 1.807) is 0 Å². The number of aliphatic hydroxyl groups excluding tert-OH is 2. The number of aliphatic hydroxyl groups is 2. The minimum absolute atomic E-state index is 0.212. The summed E-state index contributed by atoms with van der Waals surface area (Å²) in [5.74, 6) is 0.212. The Kier molecular flexibility index (Phi) is 3.37. The molecule has 0 unspecified atom stereocenters. The molecule has 2 aromatic rings. The van der Waals surface area contributed by atoms with E-state index >= 15 is 0 Å². The van der Waals surface area contributed by atoms with Crippen molar-refractivity contribution in [3.8, 4) is 0 Å². The summed E-state index contributed by atoms with van der Waals surface area (Å²) in [5.41, 5.74) is 6.47. The minimum Gasteiger partial charge on any atom is -0.387 e. The van der Waals surface area contributed by atoms with Crippen molar-refractivity contribution in [2.75, 3.05) is 5.73 Å². The first-order valence-electron chi connectivity index (χ1n) is 6.20. The molecular formula is C12H13N5O4. The number of carbonyl (C=O) groups excluding carboxylic acids is 1. The van der Waals surface area contributed by atoms with E-state index < -0.39 is 24.5 Å². The summed E-state index contributed by atoms with van der Waals surface area (Å²) >= 11 is 0. The van der Waals surface area contributed by atoms with Gasteiger partial charge in [-0.3, -0.25) is 9.36 Å². The van der Waals surface area contributed by atoms with Crippen LogP contribution in [0.1, 0.15) is 6.23 Å². The number of carbonyl (C=O) groups is 1. The highest BCUT2D eigenvalue weighted by Gasteiger charge is 2.43. The monoisotopic (exact) mass is 291 g/mol. The second-order valence-electron chi connectivity index (χ2n) is 4.58. The molecule has 9 heteroatoms. The maximum atomic E-state index is 10.3. The number of fused-ring (bicyclic) bond motifs is 1. The van der Waals surface area contributed by atoms with Crippen molar-refractivity contribution in [2.24, 2.45) is 0 Å². The summed E-state index contributed by atoms with van der Waals surface area (Å²) in [6, 6.07) is 0. The third-order valence-electron chi connectivity index (χ3n) is 3.32. The Morgan fingerprint density at radius 1 is 1.29 bits per heavy atom. The highest BCUT2D eigenvalue weighted by molar-refractivity contribution is 5.81. The second-order valence-corrected chi connectivity index (χ2v) is 4.58. The van der Waals surface area contributed by atoms with Crippen LogP contribution in [0.3, 0.4) is 0 Å². The van der Waals surface area contributed by atoms with Gasteiger partial charge in [0.2, 0.25) is 0 Å². The van der Waals surface area contributed by atoms with Crippen LogP contribution in [-0.4, -0.2) is 54.3 Å². The third kappa shape index (κ3) is 2.17. The molecule has 1 saturated heterocycles. The van der Waals surface area contributed by atoms with E-state index in [9.17, 15) is 15.0 Å². The van der Waals surface area contributed by atoms with Crippen molar-refractivity contribution in [1.29, 1.82) is 0 Å². The van der Waals surface area contributed by atoms with Crippen LogP contribution in [0.2, 0.25) is 0 Å². The van der Waals surface area contributed by atoms with Crippen LogP contribution >= 0.6 is 0 Å². The van der Waals surface area contributed by atoms with Crippen molar-refractivity contribution in [3.63, 3.8) is 0 Å². The summed E-state index contributed by atoms with van der Waals surface area (Å²) in [4.78, 5) is 22.3. The highest BCUT2D eigenvalue weighted by Crippen LogP contribution is 2.32. The molecule has 0 radical (unpaired) electrons. The molecule has 1 aliphatic heterocycles. The molecule has 1 aliphatic rings. The van der Waals surface area contributed by atoms with Crippen LogP contribution in [0.5, 0.6) is 0 Å². The largest absolute Gasteiger partial charge is 0.387 e. The molecule has 0 bridgehead atoms. The standard InChI is InChI=1S/C12H13N5O4/c13-10-7-11(15-4-14-10)17(5-16-7)12-9(20)8(19)6(21-12)2-1-3-18/h1-6,8-9,12,19-20H,(H2,13,14,15)/b2-1+/t6-,8-,9-,12-/m1/s1. The molecule has 4 N–H and O–H groups in total. The number of nitrogens with two attached hydrogens (primary N) is 1. The average molecular weight is 291 g/mol. The van der Waals surface area contributed by atoms with Crippen LogP contribution in [0.15, 0.2) is 24.8 Å². The Balaban J connectivity index is 1.97. The number of hydrogen-bond acceptors (Lipinski definition) is 8. The lowest BCUT2D eigenvalue weighted by Gasteiger charge is -2.16. The molecular weight excluding hydrogens is 278 g/mol. The first-order valence-corrected chi connectivity index (χ1v) is 6.20. The molecule has 9 nitrogen and oxygen atoms in total. The molecule has 0 amide bonds. The van der Waals surface area contributed by atoms with E-state index in [0.717, 1.165) is 0 Å². The molecule has 0 aliphatic carbocycles. The van der Waals surface area contributed by atoms with Gasteiger partial charge in [-0.2, -0.15) is 0 Å². The molecule has 3 heterocycles. The number of anilines is 1. The van der Waals surface area contributed by atoms with Gasteiger partial charge < -0.3 is 20.7 Å². The number of allylic oxidation sites excluding steroid dienone is 1. The van der Waals surface area contributed by atoms with Crippen LogP contribution in [0.25, 0.3) is 11.2 Å². The number of ether oxygens (including phenoxy) is 1. The van der Waals surface area contributed by atoms with Gasteiger partial charge in [0.15, 0.2) is 17.7 Å². The Labute approximate surface area is 118 Å². The van der Waals surface area contributed by atoms with Gasteiger partial charge in [-0.05, 0) is 12.2 Å². The summed E-state index contributed by atoms with van der Waals surface area (Å²) in [6.07, 6.45) is 1.78. The van der Waals surface area contributed by atoms with E-state index in [1.165, 1.54) is 29.4 Å². The molecule has 21 heavy (non-hydrogen) atoms. The fraction of sp³-hybridized carbons (Fsp3) is 0.333. The lowest BCUT2D eigenvalue weighted by molar-refractivity contribution is -0.104. The van der Waals surface area contributed by atoms with Crippen LogP contribution in [0, 0.1) is 0 Å². The number of hydrogen-bond donors (Lipinski definition) is 3. The van der Waals surface area contributed by atoms with Gasteiger partial charge in [-0.15, -0.1) is 0 Å². The van der Waals surface area contributed by atoms with Crippen molar-refractivity contribution < 1.29 is 19.7 Å². The van der Waals surface area contributed by atoms with Crippen molar-refractivity contribution in [2.45, 2.75) is 24.5 Å². The van der Waals surface area contributed by atoms with Crippen molar-refractivity contribution in [3.05, 3.63) is 24.8 Å². The highest BCUT2D eigenvalue weighted by atomic mass is 16.6. The number of nitrogen functional groups attached to an aromatic ring is 1. The van der Waals surface area contributed by atoms with Gasteiger partial charge in [0, 0.05) is 0 Å². The molecule has 4 atom stereocenters. The molecule has 3 rings (SSSR count). The quantitative estimate of drug-likeness (QED) is 0.473. The fourth-order valence-electron chi connectivity index (χ4n) is 2.29. The van der Waals surface area contributed by atoms with Crippen LogP contribution in [0.4, 0.5) is 5.82 Å². The minimum atomic E-state index is -1.19. The van der Waals surface area contributed by atoms with E-state index in [2.05, 4.69) is 15.0 Å². The smallest absolute Gasteiger partial charge is 0.167 e. The lowest BCUT2D eigenvalue weighted by Crippen LogP contribution is -2.30. The zero-order valence-electron chi connectivity index (χ0n) is 10.8. The normalized spacial score (nSPS) is 29.4. The molecule has 1 fully saturated rings. The number of aldehydes is 1. The van der Waals surface area contributed by atoms with E-state index in [0.29, 0.717) is 17.5 Å². The molecule has 0 aromatic carbocycles. The van der Waals surface area contributed by atoms with Crippen LogP contribution in [-0.2, 0) is 9.53 Å². The Bertz CT molecular complexity index is 700. The second kappa shape index (κ2) is 5.20. The fourth-order valence-corrected chi connectivity index (χ4v) is 2.29. The summed E-state index contributed by atoms with van der Waals surface area (Å²) < 4.78 is 7.02. The first-order chi connectivity index (χ1) is 10.1. The lowest BCUT2D eigenvalue weighted by atomic mass is 10.1. The van der Waals surface area contributed by atoms with Gasteiger partial charge >= 0.3 is 0 Å². The van der Waals surface area contributed by atoms with Crippen molar-refractivity contribution in [1.82, 2.24) is 19.5 Å². The Morgan fingerprint density at radius 3 is 2.86 bits per heavy atom.